The van der Waals surface area contributed by atoms with E-state index >= 15 is 0 Å². The van der Waals surface area contributed by atoms with Gasteiger partial charge in [0.2, 0.25) is 0 Å². The number of hydrogen-bond acceptors (Lipinski definition) is 0. The highest BCUT2D eigenvalue weighted by Crippen LogP contribution is 2.42. The minimum absolute atomic E-state index is 0.257. The Labute approximate surface area is 178 Å². The Balaban J connectivity index is 1.44. The molecule has 0 atom stereocenters. The van der Waals surface area contributed by atoms with Gasteiger partial charge in [-0.1, -0.05) is 50.5 Å². The van der Waals surface area contributed by atoms with E-state index < -0.39 is 17.6 Å². The molecule has 2 aliphatic carbocycles. The van der Waals surface area contributed by atoms with Crippen molar-refractivity contribution in [1.29, 1.82) is 0 Å². The summed E-state index contributed by atoms with van der Waals surface area (Å²) in [5.74, 6) is 7.58. The van der Waals surface area contributed by atoms with E-state index in [4.69, 9.17) is 0 Å². The van der Waals surface area contributed by atoms with Gasteiger partial charge >= 0.3 is 6.18 Å². The molecular weight excluding hydrogens is 388 g/mol. The topological polar surface area (TPSA) is 0 Å². The Bertz CT molecular complexity index is 764. The van der Waals surface area contributed by atoms with Crippen LogP contribution < -0.4 is 0 Å². The lowest BCUT2D eigenvalue weighted by Crippen LogP contribution is -2.25. The molecule has 0 amide bonds. The minimum Gasteiger partial charge on any atom is -0.206 e. The number of allylic oxidation sites excluding steroid dienone is 2. The second kappa shape index (κ2) is 10.5. The van der Waals surface area contributed by atoms with Crippen LogP contribution >= 0.6 is 0 Å². The van der Waals surface area contributed by atoms with E-state index in [9.17, 15) is 17.6 Å². The maximum absolute atomic E-state index is 13.6. The Hall–Kier alpha value is -1.76. The highest BCUT2D eigenvalue weighted by atomic mass is 19.4. The van der Waals surface area contributed by atoms with Gasteiger partial charge in [0.15, 0.2) is 0 Å². The monoisotopic (exact) mass is 420 g/mol. The Morgan fingerprint density at radius 3 is 2.17 bits per heavy atom. The molecule has 4 heteroatoms. The number of halogens is 4. The molecule has 2 aliphatic rings. The minimum atomic E-state index is -4.68. The maximum atomic E-state index is 13.6. The summed E-state index contributed by atoms with van der Waals surface area (Å²) in [4.78, 5) is 0. The maximum Gasteiger partial charge on any atom is 0.419 e. The van der Waals surface area contributed by atoms with Crippen molar-refractivity contribution in [3.63, 3.8) is 0 Å². The van der Waals surface area contributed by atoms with Crippen LogP contribution in [0.15, 0.2) is 30.4 Å². The molecule has 0 aliphatic heterocycles. The van der Waals surface area contributed by atoms with Gasteiger partial charge in [0.1, 0.15) is 5.82 Å². The van der Waals surface area contributed by atoms with E-state index in [1.807, 2.05) is 0 Å². The molecule has 0 bridgehead atoms. The predicted octanol–water partition coefficient (Wildman–Crippen LogP) is 8.17. The molecule has 0 radical (unpaired) electrons. The molecule has 2 saturated carbocycles. The molecule has 2 fully saturated rings. The standard InChI is InChI=1S/C26H32F4/c1-2-5-19-8-13-22(14-9-19)23-15-10-20(11-16-23)6-3-4-7-21-12-17-24(25(27)18-21)26(28,29)30/h3,6,12,17-20,22-23H,2,5,8-11,13-16H2,1H3. The molecule has 0 unspecified atom stereocenters. The van der Waals surface area contributed by atoms with Crippen molar-refractivity contribution in [1.82, 2.24) is 0 Å². The first-order valence-corrected chi connectivity index (χ1v) is 11.4. The Morgan fingerprint density at radius 2 is 1.60 bits per heavy atom. The fourth-order valence-electron chi connectivity index (χ4n) is 5.30. The molecule has 0 aromatic heterocycles. The van der Waals surface area contributed by atoms with E-state index in [2.05, 4.69) is 24.8 Å². The van der Waals surface area contributed by atoms with E-state index in [1.165, 1.54) is 70.3 Å². The zero-order chi connectivity index (χ0) is 21.6. The highest BCUT2D eigenvalue weighted by molar-refractivity contribution is 5.39. The van der Waals surface area contributed by atoms with Crippen molar-refractivity contribution in [2.24, 2.45) is 23.7 Å². The number of hydrogen-bond donors (Lipinski definition) is 0. The lowest BCUT2D eigenvalue weighted by Gasteiger charge is -2.37. The lowest BCUT2D eigenvalue weighted by molar-refractivity contribution is -0.140. The van der Waals surface area contributed by atoms with Gasteiger partial charge in [0.05, 0.1) is 5.56 Å². The van der Waals surface area contributed by atoms with Crippen LogP contribution in [0.5, 0.6) is 0 Å². The van der Waals surface area contributed by atoms with Crippen LogP contribution in [0.1, 0.15) is 82.3 Å². The van der Waals surface area contributed by atoms with Crippen LogP contribution in [-0.2, 0) is 6.18 Å². The van der Waals surface area contributed by atoms with Crippen molar-refractivity contribution in [3.05, 3.63) is 47.3 Å². The van der Waals surface area contributed by atoms with E-state index in [0.29, 0.717) is 5.92 Å². The Kier molecular flexibility index (Phi) is 8.03. The van der Waals surface area contributed by atoms with E-state index in [-0.39, 0.29) is 5.56 Å². The second-order valence-electron chi connectivity index (χ2n) is 9.07. The summed E-state index contributed by atoms with van der Waals surface area (Å²) in [6, 6.07) is 2.82. The molecule has 164 valence electrons. The quantitative estimate of drug-likeness (QED) is 0.340. The van der Waals surface area contributed by atoms with Crippen LogP contribution in [0.25, 0.3) is 0 Å². The first-order chi connectivity index (χ1) is 14.4. The molecule has 3 rings (SSSR count). The van der Waals surface area contributed by atoms with Gasteiger partial charge < -0.3 is 0 Å². The fraction of sp³-hybridized carbons (Fsp3) is 0.615. The SMILES string of the molecule is CCCC1CCC(C2CCC(C=CC#Cc3ccc(C(F)(F)F)c(F)c3)CC2)CC1. The van der Waals surface area contributed by atoms with Gasteiger partial charge in [-0.25, -0.2) is 4.39 Å². The average molecular weight is 421 g/mol. The van der Waals surface area contributed by atoms with Crippen LogP contribution in [0.3, 0.4) is 0 Å². The lowest BCUT2D eigenvalue weighted by atomic mass is 9.69. The van der Waals surface area contributed by atoms with Gasteiger partial charge in [-0.15, -0.1) is 0 Å². The summed E-state index contributed by atoms with van der Waals surface area (Å²) >= 11 is 0. The van der Waals surface area contributed by atoms with Crippen LogP contribution in [0, 0.1) is 41.3 Å². The zero-order valence-corrected chi connectivity index (χ0v) is 17.8. The summed E-state index contributed by atoms with van der Waals surface area (Å²) in [5.41, 5.74) is -0.994. The third kappa shape index (κ3) is 6.37. The van der Waals surface area contributed by atoms with Gasteiger partial charge in [0.25, 0.3) is 0 Å². The molecular formula is C26H32F4. The first kappa shape index (κ1) is 22.9. The van der Waals surface area contributed by atoms with Gasteiger partial charge in [-0.3, -0.25) is 0 Å². The molecule has 0 nitrogen and oxygen atoms in total. The van der Waals surface area contributed by atoms with Gasteiger partial charge in [-0.2, -0.15) is 13.2 Å². The molecule has 0 saturated heterocycles. The fourth-order valence-corrected chi connectivity index (χ4v) is 5.30. The third-order valence-corrected chi connectivity index (χ3v) is 7.01. The molecule has 1 aromatic carbocycles. The summed E-state index contributed by atoms with van der Waals surface area (Å²) in [5, 5.41) is 0. The van der Waals surface area contributed by atoms with Crippen LogP contribution in [0.4, 0.5) is 17.6 Å². The molecule has 1 aromatic rings. The average Bonchev–Trinajstić information content (AvgIpc) is 2.72. The number of alkyl halides is 3. The van der Waals surface area contributed by atoms with Crippen molar-refractivity contribution in [2.45, 2.75) is 77.3 Å². The summed E-state index contributed by atoms with van der Waals surface area (Å²) in [7, 11) is 0. The first-order valence-electron chi connectivity index (χ1n) is 11.4. The van der Waals surface area contributed by atoms with Crippen molar-refractivity contribution < 1.29 is 17.6 Å². The molecule has 0 spiro atoms. The summed E-state index contributed by atoms with van der Waals surface area (Å²) in [6.45, 7) is 2.28. The predicted molar refractivity (Wildman–Crippen MR) is 113 cm³/mol. The second-order valence-corrected chi connectivity index (χ2v) is 9.07. The molecule has 30 heavy (non-hydrogen) atoms. The normalized spacial score (nSPS) is 27.6. The molecule has 0 N–H and O–H groups in total. The van der Waals surface area contributed by atoms with Gasteiger partial charge in [0, 0.05) is 5.56 Å². The smallest absolute Gasteiger partial charge is 0.206 e. The summed E-state index contributed by atoms with van der Waals surface area (Å²) < 4.78 is 51.4. The highest BCUT2D eigenvalue weighted by Gasteiger charge is 2.34. The Morgan fingerprint density at radius 1 is 0.967 bits per heavy atom. The number of rotatable bonds is 4. The van der Waals surface area contributed by atoms with Crippen molar-refractivity contribution >= 4 is 0 Å². The third-order valence-electron chi connectivity index (χ3n) is 7.01. The van der Waals surface area contributed by atoms with E-state index in [0.717, 1.165) is 29.9 Å². The van der Waals surface area contributed by atoms with Crippen molar-refractivity contribution in [2.75, 3.05) is 0 Å². The van der Waals surface area contributed by atoms with Gasteiger partial charge in [-0.05, 0) is 86.5 Å². The zero-order valence-electron chi connectivity index (χ0n) is 17.8. The van der Waals surface area contributed by atoms with Crippen LogP contribution in [0.2, 0.25) is 0 Å². The number of benzene rings is 1. The molecule has 0 heterocycles. The van der Waals surface area contributed by atoms with Crippen molar-refractivity contribution in [3.8, 4) is 11.8 Å². The van der Waals surface area contributed by atoms with E-state index in [1.54, 1.807) is 6.08 Å². The largest absolute Gasteiger partial charge is 0.419 e. The summed E-state index contributed by atoms with van der Waals surface area (Å²) in [6.07, 6.45) is 12.5. The van der Waals surface area contributed by atoms with Crippen LogP contribution in [-0.4, -0.2) is 0 Å².